The summed E-state index contributed by atoms with van der Waals surface area (Å²) in [6.07, 6.45) is 16.7. The molecule has 0 heterocycles. The van der Waals surface area contributed by atoms with Gasteiger partial charge < -0.3 is 4.43 Å². The minimum absolute atomic E-state index is 0.135. The van der Waals surface area contributed by atoms with E-state index in [0.29, 0.717) is 16.4 Å². The average Bonchev–Trinajstić information content (AvgIpc) is 2.59. The van der Waals surface area contributed by atoms with Crippen molar-refractivity contribution >= 4 is 16.5 Å². The van der Waals surface area contributed by atoms with Gasteiger partial charge in [-0.25, -0.2) is 0 Å². The van der Waals surface area contributed by atoms with Gasteiger partial charge in [0.2, 0.25) is 10.5 Å². The van der Waals surface area contributed by atoms with Crippen LogP contribution in [0.25, 0.3) is 0 Å². The predicted molar refractivity (Wildman–Crippen MR) is 109 cm³/mol. The second kappa shape index (κ2) is 15.0. The molecule has 0 saturated heterocycles. The van der Waals surface area contributed by atoms with Gasteiger partial charge in [-0.1, -0.05) is 91.9 Å². The fraction of sp³-hybridized carbons (Fsp3) is 0.952. The van der Waals surface area contributed by atoms with Gasteiger partial charge in [-0.05, 0) is 31.6 Å². The molecule has 0 aromatic carbocycles. The number of carbonyl (C=O) groups excluding carboxylic acids is 1. The van der Waals surface area contributed by atoms with E-state index in [4.69, 9.17) is 4.43 Å². The first-order valence-electron chi connectivity index (χ1n) is 10.7. The predicted octanol–water partition coefficient (Wildman–Crippen LogP) is 5.95. The van der Waals surface area contributed by atoms with E-state index in [1.807, 2.05) is 0 Å². The van der Waals surface area contributed by atoms with E-state index in [-0.39, 0.29) is 11.4 Å². The second-order valence-corrected chi connectivity index (χ2v) is 7.95. The molecule has 0 aromatic rings. The Morgan fingerprint density at radius 3 is 1.71 bits per heavy atom. The van der Waals surface area contributed by atoms with Crippen LogP contribution in [-0.4, -0.2) is 16.5 Å². The van der Waals surface area contributed by atoms with Crippen LogP contribution in [0.5, 0.6) is 0 Å². The Labute approximate surface area is 155 Å². The molecule has 24 heavy (non-hydrogen) atoms. The summed E-state index contributed by atoms with van der Waals surface area (Å²) in [6, 6.07) is 0. The monoisotopic (exact) mass is 356 g/mol. The van der Waals surface area contributed by atoms with Gasteiger partial charge >= 0.3 is 0 Å². The smallest absolute Gasteiger partial charge is 0.298 e. The van der Waals surface area contributed by atoms with Gasteiger partial charge in [0.05, 0.1) is 5.41 Å². The molecule has 0 bridgehead atoms. The SMILES string of the molecule is CCCCCC(CCC)C(CCCCC)(CCCCC)C(=O)O[SiH3]. The van der Waals surface area contributed by atoms with E-state index in [0.717, 1.165) is 12.8 Å². The van der Waals surface area contributed by atoms with Crippen LogP contribution in [-0.2, 0) is 9.22 Å². The summed E-state index contributed by atoms with van der Waals surface area (Å²) in [5.74, 6) is 0.653. The van der Waals surface area contributed by atoms with Crippen molar-refractivity contribution in [3.8, 4) is 0 Å². The Morgan fingerprint density at radius 1 is 0.792 bits per heavy atom. The van der Waals surface area contributed by atoms with Crippen molar-refractivity contribution < 1.29 is 9.22 Å². The quantitative estimate of drug-likeness (QED) is 0.252. The first-order valence-corrected chi connectivity index (χ1v) is 11.5. The van der Waals surface area contributed by atoms with Crippen LogP contribution in [0.3, 0.4) is 0 Å². The highest BCUT2D eigenvalue weighted by atomic mass is 28.2. The topological polar surface area (TPSA) is 26.3 Å². The molecule has 0 aliphatic heterocycles. The Morgan fingerprint density at radius 2 is 1.29 bits per heavy atom. The van der Waals surface area contributed by atoms with Crippen molar-refractivity contribution in [3.63, 3.8) is 0 Å². The molecule has 0 amide bonds. The maximum absolute atomic E-state index is 13.0. The minimum Gasteiger partial charge on any atom is -0.528 e. The van der Waals surface area contributed by atoms with E-state index in [9.17, 15) is 4.79 Å². The van der Waals surface area contributed by atoms with Crippen LogP contribution in [0.1, 0.15) is 118 Å². The molecule has 1 atom stereocenters. The summed E-state index contributed by atoms with van der Waals surface area (Å²) >= 11 is 0. The third-order valence-electron chi connectivity index (χ3n) is 5.62. The largest absolute Gasteiger partial charge is 0.528 e. The van der Waals surface area contributed by atoms with Crippen molar-refractivity contribution in [3.05, 3.63) is 0 Å². The number of rotatable bonds is 16. The highest BCUT2D eigenvalue weighted by Crippen LogP contribution is 2.45. The summed E-state index contributed by atoms with van der Waals surface area (Å²) in [5, 5.41) is 0. The molecule has 3 heteroatoms. The van der Waals surface area contributed by atoms with Crippen LogP contribution in [0.15, 0.2) is 0 Å². The van der Waals surface area contributed by atoms with E-state index < -0.39 is 0 Å². The number of unbranched alkanes of at least 4 members (excludes halogenated alkanes) is 6. The number of carbonyl (C=O) groups is 1. The zero-order valence-corrected chi connectivity index (χ0v) is 19.3. The average molecular weight is 357 g/mol. The van der Waals surface area contributed by atoms with Gasteiger partial charge in [-0.15, -0.1) is 0 Å². The molecule has 0 saturated carbocycles. The number of hydrogen-bond acceptors (Lipinski definition) is 2. The molecule has 0 aliphatic rings. The third kappa shape index (κ3) is 8.18. The lowest BCUT2D eigenvalue weighted by Gasteiger charge is -2.39. The van der Waals surface area contributed by atoms with Crippen molar-refractivity contribution in [1.82, 2.24) is 0 Å². The normalized spacial score (nSPS) is 13.2. The lowest BCUT2D eigenvalue weighted by molar-refractivity contribution is -0.151. The van der Waals surface area contributed by atoms with Gasteiger partial charge in [0.1, 0.15) is 0 Å². The summed E-state index contributed by atoms with van der Waals surface area (Å²) in [4.78, 5) is 13.0. The fourth-order valence-corrected chi connectivity index (χ4v) is 4.58. The van der Waals surface area contributed by atoms with E-state index in [1.54, 1.807) is 0 Å². The van der Waals surface area contributed by atoms with Crippen LogP contribution >= 0.6 is 0 Å². The Hall–Kier alpha value is -0.313. The zero-order valence-electron chi connectivity index (χ0n) is 17.3. The standard InChI is InChI=1S/C21H44O2Si/c1-5-9-12-16-19(15-8-4)21(20(22)23-24,17-13-10-6-2)18-14-11-7-3/h19H,5-18H2,1-4,24H3. The highest BCUT2D eigenvalue weighted by molar-refractivity contribution is 6.06. The first-order chi connectivity index (χ1) is 11.6. The summed E-state index contributed by atoms with van der Waals surface area (Å²) in [5.41, 5.74) is -0.199. The van der Waals surface area contributed by atoms with Crippen molar-refractivity contribution in [2.45, 2.75) is 118 Å². The Balaban J connectivity index is 5.35. The zero-order chi connectivity index (χ0) is 18.3. The van der Waals surface area contributed by atoms with Crippen LogP contribution < -0.4 is 0 Å². The molecule has 2 nitrogen and oxygen atoms in total. The lowest BCUT2D eigenvalue weighted by Crippen LogP contribution is -2.40. The van der Waals surface area contributed by atoms with Gasteiger partial charge in [0.25, 0.3) is 5.97 Å². The van der Waals surface area contributed by atoms with Gasteiger partial charge in [0, 0.05) is 0 Å². The van der Waals surface area contributed by atoms with Crippen LogP contribution in [0.4, 0.5) is 0 Å². The summed E-state index contributed by atoms with van der Waals surface area (Å²) < 4.78 is 5.51. The highest BCUT2D eigenvalue weighted by Gasteiger charge is 2.44. The maximum Gasteiger partial charge on any atom is 0.298 e. The third-order valence-corrected chi connectivity index (χ3v) is 5.99. The molecule has 0 aromatic heterocycles. The van der Waals surface area contributed by atoms with E-state index >= 15 is 0 Å². The van der Waals surface area contributed by atoms with Crippen LogP contribution in [0, 0.1) is 11.3 Å². The van der Waals surface area contributed by atoms with Crippen LogP contribution in [0.2, 0.25) is 0 Å². The van der Waals surface area contributed by atoms with Crippen molar-refractivity contribution in [1.29, 1.82) is 0 Å². The maximum atomic E-state index is 13.0. The molecule has 0 fully saturated rings. The molecule has 0 spiro atoms. The first kappa shape index (κ1) is 23.7. The minimum atomic E-state index is -0.199. The molecular formula is C21H44O2Si. The lowest BCUT2D eigenvalue weighted by atomic mass is 9.65. The fourth-order valence-electron chi connectivity index (χ4n) is 4.17. The molecular weight excluding hydrogens is 312 g/mol. The summed E-state index contributed by atoms with van der Waals surface area (Å²) in [6.45, 7) is 9.02. The molecule has 0 rings (SSSR count). The van der Waals surface area contributed by atoms with Gasteiger partial charge in [0.15, 0.2) is 0 Å². The van der Waals surface area contributed by atoms with Crippen molar-refractivity contribution in [2.24, 2.45) is 11.3 Å². The molecule has 0 N–H and O–H groups in total. The van der Waals surface area contributed by atoms with Gasteiger partial charge in [-0.3, -0.25) is 4.79 Å². The molecule has 0 radical (unpaired) electrons. The second-order valence-electron chi connectivity index (χ2n) is 7.54. The molecule has 144 valence electrons. The van der Waals surface area contributed by atoms with E-state index in [2.05, 4.69) is 27.7 Å². The Kier molecular flexibility index (Phi) is 14.8. The number of hydrogen-bond donors (Lipinski definition) is 0. The summed E-state index contributed by atoms with van der Waals surface area (Å²) in [7, 11) is 0.529. The molecule has 0 aliphatic carbocycles. The van der Waals surface area contributed by atoms with Crippen molar-refractivity contribution in [2.75, 3.05) is 0 Å². The Bertz CT molecular complexity index is 294. The molecule has 1 unspecified atom stereocenters. The van der Waals surface area contributed by atoms with E-state index in [1.165, 1.54) is 77.0 Å². The van der Waals surface area contributed by atoms with Gasteiger partial charge in [-0.2, -0.15) is 0 Å².